The molecule has 0 spiro atoms. The number of amides is 1. The molecule has 0 radical (unpaired) electrons. The van der Waals surface area contributed by atoms with Gasteiger partial charge in [0.05, 0.1) is 0 Å². The van der Waals surface area contributed by atoms with Crippen molar-refractivity contribution in [3.05, 3.63) is 22.4 Å². The van der Waals surface area contributed by atoms with Gasteiger partial charge in [0, 0.05) is 23.9 Å². The van der Waals surface area contributed by atoms with Crippen molar-refractivity contribution < 1.29 is 4.79 Å². The van der Waals surface area contributed by atoms with Gasteiger partial charge in [-0.05, 0) is 44.1 Å². The third-order valence-corrected chi connectivity index (χ3v) is 5.01. The molecule has 1 aliphatic carbocycles. The number of hydrogen-bond acceptors (Lipinski definition) is 2. The normalized spacial score (nSPS) is 16.5. The third kappa shape index (κ3) is 4.34. The smallest absolute Gasteiger partial charge is 0.222 e. The van der Waals surface area contributed by atoms with Crippen molar-refractivity contribution in [1.82, 2.24) is 4.90 Å². The lowest BCUT2D eigenvalue weighted by atomic mass is 9.94. The van der Waals surface area contributed by atoms with E-state index in [1.165, 1.54) is 37.0 Å². The van der Waals surface area contributed by atoms with Gasteiger partial charge in [-0.2, -0.15) is 0 Å². The Hall–Kier alpha value is -0.830. The van der Waals surface area contributed by atoms with Crippen LogP contribution in [-0.2, 0) is 11.2 Å². The van der Waals surface area contributed by atoms with E-state index in [0.717, 1.165) is 19.4 Å². The van der Waals surface area contributed by atoms with Crippen LogP contribution in [0, 0.1) is 0 Å². The van der Waals surface area contributed by atoms with E-state index < -0.39 is 0 Å². The molecule has 0 bridgehead atoms. The fourth-order valence-electron chi connectivity index (χ4n) is 3.04. The average molecular weight is 279 g/mol. The highest BCUT2D eigenvalue weighted by atomic mass is 32.1. The maximum absolute atomic E-state index is 12.3. The summed E-state index contributed by atoms with van der Waals surface area (Å²) in [6.45, 7) is 2.99. The van der Waals surface area contributed by atoms with Crippen molar-refractivity contribution in [3.8, 4) is 0 Å². The number of aryl methyl sites for hydroxylation is 1. The second-order valence-corrected chi connectivity index (χ2v) is 6.44. The van der Waals surface area contributed by atoms with Crippen molar-refractivity contribution in [1.29, 1.82) is 0 Å². The Bertz CT molecular complexity index is 368. The molecule has 1 heterocycles. The van der Waals surface area contributed by atoms with E-state index >= 15 is 0 Å². The quantitative estimate of drug-likeness (QED) is 0.762. The minimum atomic E-state index is 0.367. The fraction of sp³-hybridized carbons (Fsp3) is 0.688. The van der Waals surface area contributed by atoms with Crippen LogP contribution in [0.3, 0.4) is 0 Å². The van der Waals surface area contributed by atoms with Crippen molar-refractivity contribution in [2.45, 2.75) is 64.3 Å². The number of rotatable bonds is 6. The molecule has 0 aliphatic heterocycles. The van der Waals surface area contributed by atoms with Crippen molar-refractivity contribution in [2.24, 2.45) is 0 Å². The van der Waals surface area contributed by atoms with E-state index in [1.807, 2.05) is 0 Å². The van der Waals surface area contributed by atoms with Crippen LogP contribution in [0.1, 0.15) is 56.7 Å². The highest BCUT2D eigenvalue weighted by Gasteiger charge is 2.23. The van der Waals surface area contributed by atoms with Crippen LogP contribution in [0.25, 0.3) is 0 Å². The van der Waals surface area contributed by atoms with E-state index in [-0.39, 0.29) is 0 Å². The third-order valence-electron chi connectivity index (χ3n) is 4.07. The first-order valence-corrected chi connectivity index (χ1v) is 8.51. The summed E-state index contributed by atoms with van der Waals surface area (Å²) in [5.41, 5.74) is 0. The lowest BCUT2D eigenvalue weighted by Crippen LogP contribution is -2.41. The number of carbonyl (C=O) groups excluding carboxylic acids is 1. The lowest BCUT2D eigenvalue weighted by molar-refractivity contribution is -0.134. The van der Waals surface area contributed by atoms with Crippen LogP contribution in [0.4, 0.5) is 0 Å². The molecule has 2 rings (SSSR count). The molecule has 106 valence electrons. The minimum Gasteiger partial charge on any atom is -0.340 e. The largest absolute Gasteiger partial charge is 0.340 e. The van der Waals surface area contributed by atoms with Gasteiger partial charge >= 0.3 is 0 Å². The minimum absolute atomic E-state index is 0.367. The highest BCUT2D eigenvalue weighted by Crippen LogP contribution is 2.23. The van der Waals surface area contributed by atoms with E-state index in [1.54, 1.807) is 11.3 Å². The molecular weight excluding hydrogens is 254 g/mol. The van der Waals surface area contributed by atoms with Crippen LogP contribution in [0.5, 0.6) is 0 Å². The van der Waals surface area contributed by atoms with Crippen LogP contribution in [0.15, 0.2) is 17.5 Å². The monoisotopic (exact) mass is 279 g/mol. The standard InChI is InChI=1S/C16H25NOS/c1-2-17(14-8-4-3-5-9-14)16(18)12-6-10-15-11-7-13-19-15/h7,11,13-14H,2-6,8-10,12H2,1H3. The zero-order chi connectivity index (χ0) is 13.5. The molecule has 0 unspecified atom stereocenters. The predicted octanol–water partition coefficient (Wildman–Crippen LogP) is 4.25. The SMILES string of the molecule is CCN(C(=O)CCCc1cccs1)C1CCCCC1. The molecule has 1 aromatic heterocycles. The van der Waals surface area contributed by atoms with Gasteiger partial charge in [0.25, 0.3) is 0 Å². The fourth-order valence-corrected chi connectivity index (χ4v) is 3.79. The summed E-state index contributed by atoms with van der Waals surface area (Å²) < 4.78 is 0. The summed E-state index contributed by atoms with van der Waals surface area (Å²) >= 11 is 1.79. The van der Waals surface area contributed by atoms with Gasteiger partial charge in [0.15, 0.2) is 0 Å². The Balaban J connectivity index is 1.76. The Morgan fingerprint density at radius 2 is 2.16 bits per heavy atom. The number of thiophene rings is 1. The zero-order valence-electron chi connectivity index (χ0n) is 11.9. The molecule has 1 aromatic rings. The van der Waals surface area contributed by atoms with E-state index in [0.29, 0.717) is 18.4 Å². The van der Waals surface area contributed by atoms with Gasteiger partial charge < -0.3 is 4.90 Å². The van der Waals surface area contributed by atoms with Crippen molar-refractivity contribution in [3.63, 3.8) is 0 Å². The first kappa shape index (κ1) is 14.6. The Kier molecular flexibility index (Phi) is 5.90. The number of nitrogens with zero attached hydrogens (tertiary/aromatic N) is 1. The first-order valence-electron chi connectivity index (χ1n) is 7.63. The summed E-state index contributed by atoms with van der Waals surface area (Å²) in [6.07, 6.45) is 9.11. The number of carbonyl (C=O) groups is 1. The average Bonchev–Trinajstić information content (AvgIpc) is 2.94. The number of hydrogen-bond donors (Lipinski definition) is 0. The van der Waals surface area contributed by atoms with Gasteiger partial charge in [-0.15, -0.1) is 11.3 Å². The molecule has 0 N–H and O–H groups in total. The summed E-state index contributed by atoms with van der Waals surface area (Å²) in [5, 5.41) is 2.11. The summed E-state index contributed by atoms with van der Waals surface area (Å²) in [6, 6.07) is 4.77. The Morgan fingerprint density at radius 3 is 2.79 bits per heavy atom. The van der Waals surface area contributed by atoms with E-state index in [2.05, 4.69) is 29.3 Å². The molecule has 19 heavy (non-hydrogen) atoms. The molecule has 2 nitrogen and oxygen atoms in total. The van der Waals surface area contributed by atoms with Gasteiger partial charge in [-0.1, -0.05) is 25.3 Å². The molecule has 1 saturated carbocycles. The molecule has 0 atom stereocenters. The maximum atomic E-state index is 12.3. The van der Waals surface area contributed by atoms with Gasteiger partial charge in [-0.25, -0.2) is 0 Å². The van der Waals surface area contributed by atoms with E-state index in [4.69, 9.17) is 0 Å². The lowest BCUT2D eigenvalue weighted by Gasteiger charge is -2.33. The molecule has 1 fully saturated rings. The Morgan fingerprint density at radius 1 is 1.37 bits per heavy atom. The van der Waals surface area contributed by atoms with Crippen LogP contribution in [-0.4, -0.2) is 23.4 Å². The molecule has 1 aliphatic rings. The second-order valence-electron chi connectivity index (χ2n) is 5.40. The maximum Gasteiger partial charge on any atom is 0.222 e. The predicted molar refractivity (Wildman–Crippen MR) is 81.5 cm³/mol. The van der Waals surface area contributed by atoms with E-state index in [9.17, 15) is 4.79 Å². The van der Waals surface area contributed by atoms with Crippen molar-refractivity contribution in [2.75, 3.05) is 6.54 Å². The summed E-state index contributed by atoms with van der Waals surface area (Å²) in [5.74, 6) is 0.367. The van der Waals surface area contributed by atoms with Gasteiger partial charge in [0.2, 0.25) is 5.91 Å². The van der Waals surface area contributed by atoms with Gasteiger partial charge in [0.1, 0.15) is 0 Å². The molecule has 1 amide bonds. The van der Waals surface area contributed by atoms with Crippen molar-refractivity contribution >= 4 is 17.2 Å². The summed E-state index contributed by atoms with van der Waals surface area (Å²) in [7, 11) is 0. The molecular formula is C16H25NOS. The summed E-state index contributed by atoms with van der Waals surface area (Å²) in [4.78, 5) is 15.9. The zero-order valence-corrected chi connectivity index (χ0v) is 12.8. The van der Waals surface area contributed by atoms with Gasteiger partial charge in [-0.3, -0.25) is 4.79 Å². The molecule has 0 saturated heterocycles. The topological polar surface area (TPSA) is 20.3 Å². The van der Waals surface area contributed by atoms with Crippen LogP contribution in [0.2, 0.25) is 0 Å². The first-order chi connectivity index (χ1) is 9.31. The highest BCUT2D eigenvalue weighted by molar-refractivity contribution is 7.09. The van der Waals surface area contributed by atoms with Crippen LogP contribution < -0.4 is 0 Å². The van der Waals surface area contributed by atoms with Crippen LogP contribution >= 0.6 is 11.3 Å². The molecule has 3 heteroatoms. The second kappa shape index (κ2) is 7.68. The molecule has 0 aromatic carbocycles. The Labute approximate surface area is 120 Å².